The monoisotopic (exact) mass is 733 g/mol. The van der Waals surface area contributed by atoms with E-state index in [0.29, 0.717) is 29.1 Å². The molecule has 0 saturated heterocycles. The van der Waals surface area contributed by atoms with Crippen LogP contribution in [0.2, 0.25) is 0 Å². The molecule has 5 heterocycles. The van der Waals surface area contributed by atoms with E-state index in [2.05, 4.69) is 70.2 Å². The smallest absolute Gasteiger partial charge is 0.338 e. The van der Waals surface area contributed by atoms with Gasteiger partial charge in [0.15, 0.2) is 0 Å². The number of aromatic amines is 2. The van der Waals surface area contributed by atoms with Crippen molar-refractivity contribution in [1.29, 1.82) is 0 Å². The van der Waals surface area contributed by atoms with Crippen molar-refractivity contribution in [2.24, 2.45) is 0 Å². The molecule has 5 rings (SSSR count). The van der Waals surface area contributed by atoms with Gasteiger partial charge in [-0.25, -0.2) is 9.78 Å². The summed E-state index contributed by atoms with van der Waals surface area (Å²) < 4.78 is 0. The highest BCUT2D eigenvalue weighted by atomic mass is 16.4. The van der Waals surface area contributed by atoms with Crippen molar-refractivity contribution >= 4 is 51.2 Å². The largest absolute Gasteiger partial charge is 0.478 e. The van der Waals surface area contributed by atoms with Crippen molar-refractivity contribution in [2.75, 3.05) is 13.6 Å². The Kier molecular flexibility index (Phi) is 13.8. The molecular weight excluding hydrogens is 671 g/mol. The van der Waals surface area contributed by atoms with Crippen molar-refractivity contribution < 1.29 is 14.7 Å². The number of nitrogens with zero attached hydrogens (tertiary/aromatic N) is 3. The molecule has 3 aromatic heterocycles. The van der Waals surface area contributed by atoms with Crippen LogP contribution in [0.3, 0.4) is 0 Å². The van der Waals surface area contributed by atoms with E-state index in [-0.39, 0.29) is 29.7 Å². The maximum Gasteiger partial charge on any atom is 0.338 e. The molecule has 2 aliphatic heterocycles. The molecule has 3 N–H and O–H groups in total. The number of likely N-dealkylation sites (N-methyl/N-ethyl adjacent to an activating group) is 1. The molecular formula is C46H63N5O3. The lowest BCUT2D eigenvalue weighted by atomic mass is 9.85. The van der Waals surface area contributed by atoms with Crippen molar-refractivity contribution in [3.8, 4) is 0 Å². The van der Waals surface area contributed by atoms with Gasteiger partial charge in [-0.3, -0.25) is 9.78 Å². The van der Waals surface area contributed by atoms with Gasteiger partial charge in [0, 0.05) is 64.3 Å². The molecule has 0 spiro atoms. The molecule has 0 saturated carbocycles. The summed E-state index contributed by atoms with van der Waals surface area (Å²) in [6.07, 6.45) is 15.9. The van der Waals surface area contributed by atoms with Crippen molar-refractivity contribution in [3.05, 3.63) is 75.4 Å². The van der Waals surface area contributed by atoms with Crippen LogP contribution in [-0.2, 0) is 22.4 Å². The van der Waals surface area contributed by atoms with Crippen LogP contribution in [0, 0.1) is 13.8 Å². The van der Waals surface area contributed by atoms with E-state index in [4.69, 9.17) is 9.97 Å². The first-order valence-corrected chi connectivity index (χ1v) is 20.5. The van der Waals surface area contributed by atoms with Crippen molar-refractivity contribution in [2.45, 2.75) is 144 Å². The van der Waals surface area contributed by atoms with Gasteiger partial charge in [-0.1, -0.05) is 98.1 Å². The van der Waals surface area contributed by atoms with Crippen LogP contribution in [0.25, 0.3) is 39.3 Å². The van der Waals surface area contributed by atoms with Gasteiger partial charge >= 0.3 is 5.97 Å². The Bertz CT molecular complexity index is 2070. The highest BCUT2D eigenvalue weighted by molar-refractivity contribution is 6.24. The molecule has 0 aromatic carbocycles. The number of carbonyl (C=O) groups is 2. The maximum absolute atomic E-state index is 14.1. The molecule has 1 amide bonds. The summed E-state index contributed by atoms with van der Waals surface area (Å²) in [5, 5.41) is 10.7. The van der Waals surface area contributed by atoms with E-state index in [1.54, 1.807) is 0 Å². The number of fused-ring (bicyclic) bond motifs is 8. The molecule has 0 aliphatic carbocycles. The zero-order chi connectivity index (χ0) is 39.1. The minimum atomic E-state index is -1.05. The first-order valence-electron chi connectivity index (χ1n) is 20.5. The third-order valence-electron chi connectivity index (χ3n) is 12.0. The average molecular weight is 734 g/mol. The number of unbranched alkanes of at least 4 members (excludes halogenated alkanes) is 9. The van der Waals surface area contributed by atoms with Crippen molar-refractivity contribution in [3.63, 3.8) is 0 Å². The van der Waals surface area contributed by atoms with Gasteiger partial charge in [0.05, 0.1) is 29.1 Å². The molecule has 54 heavy (non-hydrogen) atoms. The number of allylic oxidation sites excluding steroid dienone is 1. The SMILES string of the molecule is C=Cc1c(C)c2cc3nc(c(CC(=O)N(C)CCCCCCCCCCCC)c4nc(cc5[nH]c(cc1[nH]2)c(C)c5CC)C(C)=C4C(=O)O)[C@@H](CC)[C@@H]3C. The molecule has 2 aliphatic rings. The molecule has 0 unspecified atom stereocenters. The fourth-order valence-corrected chi connectivity index (χ4v) is 8.50. The van der Waals surface area contributed by atoms with Crippen LogP contribution >= 0.6 is 0 Å². The second-order valence-corrected chi connectivity index (χ2v) is 15.6. The highest BCUT2D eigenvalue weighted by Gasteiger charge is 2.35. The molecule has 8 nitrogen and oxygen atoms in total. The van der Waals surface area contributed by atoms with E-state index >= 15 is 0 Å². The summed E-state index contributed by atoms with van der Waals surface area (Å²) in [4.78, 5) is 46.7. The van der Waals surface area contributed by atoms with Crippen LogP contribution in [0.4, 0.5) is 0 Å². The second-order valence-electron chi connectivity index (χ2n) is 15.6. The third kappa shape index (κ3) is 8.58. The van der Waals surface area contributed by atoms with Crippen LogP contribution in [0.15, 0.2) is 24.8 Å². The van der Waals surface area contributed by atoms with E-state index in [1.165, 1.54) is 51.4 Å². The van der Waals surface area contributed by atoms with Crippen molar-refractivity contribution in [1.82, 2.24) is 24.8 Å². The minimum Gasteiger partial charge on any atom is -0.478 e. The zero-order valence-corrected chi connectivity index (χ0v) is 34.2. The Labute approximate surface area is 322 Å². The lowest BCUT2D eigenvalue weighted by Gasteiger charge is -2.20. The summed E-state index contributed by atoms with van der Waals surface area (Å²) in [5.74, 6) is -1.06. The molecule has 3 aromatic rings. The Morgan fingerprint density at radius 2 is 1.46 bits per heavy atom. The molecule has 0 radical (unpaired) electrons. The zero-order valence-electron chi connectivity index (χ0n) is 34.2. The number of nitrogens with one attached hydrogen (secondary N) is 2. The average Bonchev–Trinajstić information content (AvgIpc) is 3.83. The summed E-state index contributed by atoms with van der Waals surface area (Å²) >= 11 is 0. The Morgan fingerprint density at radius 3 is 2.07 bits per heavy atom. The number of aromatic nitrogens is 4. The van der Waals surface area contributed by atoms with Crippen LogP contribution < -0.4 is 0 Å². The van der Waals surface area contributed by atoms with Gasteiger partial charge < -0.3 is 20.0 Å². The summed E-state index contributed by atoms with van der Waals surface area (Å²) in [5.41, 5.74) is 12.1. The number of hydrogen-bond acceptors (Lipinski definition) is 4. The number of rotatable bonds is 17. The minimum absolute atomic E-state index is 0.00634. The molecule has 0 fully saturated rings. The number of aryl methyl sites for hydroxylation is 3. The number of hydrogen-bond donors (Lipinski definition) is 3. The Balaban J connectivity index is 1.64. The second kappa shape index (κ2) is 18.2. The number of carboxylic acids is 1. The summed E-state index contributed by atoms with van der Waals surface area (Å²) in [6, 6.07) is 6.22. The van der Waals surface area contributed by atoms with Crippen LogP contribution in [-0.4, -0.2) is 55.4 Å². The maximum atomic E-state index is 14.1. The van der Waals surface area contributed by atoms with Gasteiger partial charge in [-0.15, -0.1) is 0 Å². The number of amides is 1. The molecule has 290 valence electrons. The fourth-order valence-electron chi connectivity index (χ4n) is 8.50. The van der Waals surface area contributed by atoms with E-state index in [1.807, 2.05) is 31.0 Å². The number of aliphatic carboxylic acids is 1. The highest BCUT2D eigenvalue weighted by Crippen LogP contribution is 2.43. The van der Waals surface area contributed by atoms with Crippen LogP contribution in [0.5, 0.6) is 0 Å². The predicted octanol–water partition coefficient (Wildman–Crippen LogP) is 11.4. The topological polar surface area (TPSA) is 115 Å². The standard InChI is InChI=1S/C46H63N5O3/c1-10-14-15-16-17-18-19-20-21-22-23-51(9)42(52)24-35-44-34(13-4)30(7)38(49-44)25-36-28(5)32(11-2)40(47-36)26-37-29(6)33(12-3)41(48-37)27-39-31(8)43(46(53)54)45(35)50-39/h11,25-27,30,34,47-48H,2,10,12-24H2,1,3-9H3,(H,53,54)/t30-,34-/m0/s1. The van der Waals surface area contributed by atoms with E-state index < -0.39 is 5.97 Å². The Hall–Kier alpha value is -4.46. The first kappa shape index (κ1) is 40.7. The number of H-pyrrole nitrogens is 2. The molecule has 8 bridgehead atoms. The van der Waals surface area contributed by atoms with E-state index in [9.17, 15) is 14.7 Å². The predicted molar refractivity (Wildman–Crippen MR) is 225 cm³/mol. The van der Waals surface area contributed by atoms with Crippen LogP contribution in [0.1, 0.15) is 168 Å². The molecule has 8 heteroatoms. The lowest BCUT2D eigenvalue weighted by molar-refractivity contribution is -0.131. The lowest BCUT2D eigenvalue weighted by Crippen LogP contribution is -2.30. The first-order chi connectivity index (χ1) is 25.9. The van der Waals surface area contributed by atoms with Gasteiger partial charge in [-0.05, 0) is 80.5 Å². The quantitative estimate of drug-likeness (QED) is 0.119. The summed E-state index contributed by atoms with van der Waals surface area (Å²) in [7, 11) is 1.87. The van der Waals surface area contributed by atoms with Gasteiger partial charge in [-0.2, -0.15) is 0 Å². The van der Waals surface area contributed by atoms with E-state index in [0.717, 1.165) is 81.4 Å². The normalized spacial score (nSPS) is 15.6. The molecule has 2 atom stereocenters. The summed E-state index contributed by atoms with van der Waals surface area (Å²) in [6.45, 7) is 19.5. The fraction of sp³-hybridized carbons (Fsp3) is 0.522. The van der Waals surface area contributed by atoms with Gasteiger partial charge in [0.25, 0.3) is 0 Å². The number of carboxylic acid groups (broad SMARTS) is 1. The van der Waals surface area contributed by atoms with Gasteiger partial charge in [0.1, 0.15) is 0 Å². The van der Waals surface area contributed by atoms with Gasteiger partial charge in [0.2, 0.25) is 5.91 Å². The third-order valence-corrected chi connectivity index (χ3v) is 12.0. The Morgan fingerprint density at radius 1 is 0.833 bits per heavy atom. The number of carbonyl (C=O) groups excluding carboxylic acids is 1.